The molecule has 1 atom stereocenters. The molecule has 1 aliphatic rings. The van der Waals surface area contributed by atoms with E-state index < -0.39 is 0 Å². The molecule has 3 aromatic rings. The van der Waals surface area contributed by atoms with E-state index in [9.17, 15) is 4.79 Å². The molecule has 28 heavy (non-hydrogen) atoms. The second-order valence-electron chi connectivity index (χ2n) is 8.15. The highest BCUT2D eigenvalue weighted by Gasteiger charge is 2.27. The maximum Gasteiger partial charge on any atom is 0.300 e. The smallest absolute Gasteiger partial charge is 0.300 e. The van der Waals surface area contributed by atoms with Crippen molar-refractivity contribution in [1.29, 1.82) is 0 Å². The van der Waals surface area contributed by atoms with E-state index >= 15 is 0 Å². The van der Waals surface area contributed by atoms with E-state index in [-0.39, 0.29) is 11.7 Å². The normalized spacial score (nSPS) is 15.3. The number of fused-ring (bicyclic) bond motifs is 3. The third kappa shape index (κ3) is 3.33. The van der Waals surface area contributed by atoms with E-state index in [1.54, 1.807) is 0 Å². The molecule has 0 bridgehead atoms. The van der Waals surface area contributed by atoms with Crippen molar-refractivity contribution < 1.29 is 0 Å². The number of rotatable bonds is 4. The fraction of sp³-hybridized carbons (Fsp3) is 0.348. The number of benzene rings is 2. The van der Waals surface area contributed by atoms with E-state index in [0.29, 0.717) is 23.4 Å². The molecule has 2 aromatic carbocycles. The van der Waals surface area contributed by atoms with Gasteiger partial charge in [-0.05, 0) is 36.0 Å². The molecule has 1 aliphatic heterocycles. The van der Waals surface area contributed by atoms with Gasteiger partial charge in [-0.2, -0.15) is 10.1 Å². The Bertz CT molecular complexity index is 1050. The van der Waals surface area contributed by atoms with Crippen molar-refractivity contribution in [3.8, 4) is 22.6 Å². The van der Waals surface area contributed by atoms with Gasteiger partial charge in [0.1, 0.15) is 6.17 Å². The minimum absolute atomic E-state index is 0.0355. The molecule has 0 aliphatic carbocycles. The van der Waals surface area contributed by atoms with Crippen molar-refractivity contribution in [3.63, 3.8) is 0 Å². The molecule has 2 heterocycles. The first-order valence-corrected chi connectivity index (χ1v) is 9.91. The second-order valence-corrected chi connectivity index (χ2v) is 8.15. The Kier molecular flexibility index (Phi) is 4.75. The van der Waals surface area contributed by atoms with Gasteiger partial charge in [0.25, 0.3) is 5.56 Å². The van der Waals surface area contributed by atoms with Gasteiger partial charge in [-0.1, -0.05) is 64.1 Å². The molecule has 4 rings (SSSR count). The lowest BCUT2D eigenvalue weighted by Gasteiger charge is -2.31. The highest BCUT2D eigenvalue weighted by Crippen LogP contribution is 2.36. The van der Waals surface area contributed by atoms with Crippen LogP contribution in [0, 0.1) is 5.92 Å². The van der Waals surface area contributed by atoms with E-state index in [1.807, 2.05) is 41.1 Å². The Labute approximate surface area is 165 Å². The molecule has 1 N–H and O–H groups in total. The topological polar surface area (TPSA) is 59.8 Å². The maximum atomic E-state index is 12.8. The van der Waals surface area contributed by atoms with Gasteiger partial charge < -0.3 is 5.32 Å². The van der Waals surface area contributed by atoms with E-state index in [1.165, 1.54) is 5.56 Å². The Morgan fingerprint density at radius 3 is 2.43 bits per heavy atom. The van der Waals surface area contributed by atoms with E-state index in [2.05, 4.69) is 50.1 Å². The van der Waals surface area contributed by atoms with Crippen LogP contribution in [0.15, 0.2) is 53.3 Å². The van der Waals surface area contributed by atoms with Gasteiger partial charge in [0, 0.05) is 16.8 Å². The summed E-state index contributed by atoms with van der Waals surface area (Å²) < 4.78 is 1.88. The van der Waals surface area contributed by atoms with Gasteiger partial charge >= 0.3 is 0 Å². The summed E-state index contributed by atoms with van der Waals surface area (Å²) in [5.41, 5.74) is 4.06. The third-order valence-corrected chi connectivity index (χ3v) is 5.17. The Morgan fingerprint density at radius 1 is 1.04 bits per heavy atom. The number of anilines is 1. The quantitative estimate of drug-likeness (QED) is 0.693. The first kappa shape index (κ1) is 18.4. The lowest BCUT2D eigenvalue weighted by Crippen LogP contribution is -2.32. The van der Waals surface area contributed by atoms with Crippen LogP contribution in [-0.2, 0) is 0 Å². The van der Waals surface area contributed by atoms with Crippen LogP contribution in [0.3, 0.4) is 0 Å². The zero-order valence-corrected chi connectivity index (χ0v) is 16.8. The second kappa shape index (κ2) is 7.23. The Hall–Kier alpha value is -2.95. The minimum Gasteiger partial charge on any atom is -0.363 e. The molecule has 0 saturated heterocycles. The third-order valence-electron chi connectivity index (χ3n) is 5.17. The van der Waals surface area contributed by atoms with Crippen LogP contribution >= 0.6 is 0 Å². The summed E-state index contributed by atoms with van der Waals surface area (Å²) in [5.74, 6) is 1.55. The van der Waals surface area contributed by atoms with Gasteiger partial charge in [-0.15, -0.1) is 0 Å². The summed E-state index contributed by atoms with van der Waals surface area (Å²) in [4.78, 5) is 17.3. The van der Waals surface area contributed by atoms with Gasteiger partial charge in [-0.3, -0.25) is 4.79 Å². The van der Waals surface area contributed by atoms with Crippen LogP contribution in [0.2, 0.25) is 0 Å². The summed E-state index contributed by atoms with van der Waals surface area (Å²) in [6.07, 6.45) is 0.858. The van der Waals surface area contributed by atoms with Crippen LogP contribution in [0.5, 0.6) is 0 Å². The first-order chi connectivity index (χ1) is 13.4. The molecular formula is C23H26N4O. The van der Waals surface area contributed by atoms with Gasteiger partial charge in [0.15, 0.2) is 11.5 Å². The highest BCUT2D eigenvalue weighted by molar-refractivity contribution is 5.76. The van der Waals surface area contributed by atoms with Crippen molar-refractivity contribution >= 4 is 5.69 Å². The zero-order chi connectivity index (χ0) is 19.8. The average Bonchev–Trinajstić information content (AvgIpc) is 2.67. The van der Waals surface area contributed by atoms with Gasteiger partial charge in [-0.25, -0.2) is 4.68 Å². The number of hydrogen-bond donors (Lipinski definition) is 1. The molecular weight excluding hydrogens is 348 g/mol. The number of nitrogens with zero attached hydrogens (tertiary/aromatic N) is 3. The summed E-state index contributed by atoms with van der Waals surface area (Å²) in [7, 11) is 0. The Morgan fingerprint density at radius 2 is 1.75 bits per heavy atom. The standard InChI is InChI=1S/C23H26N4O/c1-14(2)13-20-24-19-8-6-5-7-18(19)22-25-23(28)21(26-27(20)22)17-11-9-16(10-12-17)15(3)4/h5-12,14-15,20,24H,13H2,1-4H3. The molecule has 1 aromatic heterocycles. The molecule has 5 heteroatoms. The van der Waals surface area contributed by atoms with Crippen molar-refractivity contribution in [2.75, 3.05) is 5.32 Å². The first-order valence-electron chi connectivity index (χ1n) is 9.91. The summed E-state index contributed by atoms with van der Waals surface area (Å²) >= 11 is 0. The molecule has 5 nitrogen and oxygen atoms in total. The number of nitrogens with one attached hydrogen (secondary N) is 1. The summed E-state index contributed by atoms with van der Waals surface area (Å²) in [5, 5.41) is 8.34. The Balaban J connectivity index is 1.85. The summed E-state index contributed by atoms with van der Waals surface area (Å²) in [6.45, 7) is 8.68. The number of para-hydroxylation sites is 1. The zero-order valence-electron chi connectivity index (χ0n) is 16.8. The van der Waals surface area contributed by atoms with Gasteiger partial charge in [0.2, 0.25) is 0 Å². The molecule has 0 amide bonds. The van der Waals surface area contributed by atoms with Crippen LogP contribution < -0.4 is 10.9 Å². The van der Waals surface area contributed by atoms with Crippen LogP contribution in [-0.4, -0.2) is 14.8 Å². The largest absolute Gasteiger partial charge is 0.363 e. The van der Waals surface area contributed by atoms with Crippen molar-refractivity contribution in [3.05, 3.63) is 64.4 Å². The monoisotopic (exact) mass is 374 g/mol. The van der Waals surface area contributed by atoms with Crippen molar-refractivity contribution in [1.82, 2.24) is 14.8 Å². The van der Waals surface area contributed by atoms with Crippen molar-refractivity contribution in [2.45, 2.75) is 46.2 Å². The summed E-state index contributed by atoms with van der Waals surface area (Å²) in [6, 6.07) is 16.0. The fourth-order valence-corrected chi connectivity index (χ4v) is 3.66. The highest BCUT2D eigenvalue weighted by atomic mass is 16.1. The molecule has 0 radical (unpaired) electrons. The maximum absolute atomic E-state index is 12.8. The number of aromatic nitrogens is 3. The van der Waals surface area contributed by atoms with Crippen molar-refractivity contribution in [2.24, 2.45) is 5.92 Å². The predicted octanol–water partition coefficient (Wildman–Crippen LogP) is 5.07. The fourth-order valence-electron chi connectivity index (χ4n) is 3.66. The average molecular weight is 374 g/mol. The SMILES string of the molecule is CC(C)CC1Nc2ccccc2-c2nc(=O)c(-c3ccc(C(C)C)cc3)nn21. The molecule has 144 valence electrons. The van der Waals surface area contributed by atoms with E-state index in [4.69, 9.17) is 5.10 Å². The molecule has 0 fully saturated rings. The molecule has 1 unspecified atom stereocenters. The minimum atomic E-state index is -0.288. The molecule has 0 spiro atoms. The van der Waals surface area contributed by atoms with Gasteiger partial charge in [0.05, 0.1) is 0 Å². The van der Waals surface area contributed by atoms with Crippen LogP contribution in [0.25, 0.3) is 22.6 Å². The van der Waals surface area contributed by atoms with Crippen LogP contribution in [0.4, 0.5) is 5.69 Å². The lowest BCUT2D eigenvalue weighted by molar-refractivity contribution is 0.398. The predicted molar refractivity (Wildman–Crippen MR) is 113 cm³/mol. The lowest BCUT2D eigenvalue weighted by atomic mass is 10.0. The molecule has 0 saturated carbocycles. The van der Waals surface area contributed by atoms with Crippen LogP contribution in [0.1, 0.15) is 51.8 Å². The number of hydrogen-bond acceptors (Lipinski definition) is 4. The van der Waals surface area contributed by atoms with E-state index in [0.717, 1.165) is 23.2 Å².